The number of carbonyl (C=O) groups excluding carboxylic acids is 3. The predicted molar refractivity (Wildman–Crippen MR) is 129 cm³/mol. The normalized spacial score (nSPS) is 14.6. The Bertz CT molecular complexity index is 1210. The van der Waals surface area contributed by atoms with Gasteiger partial charge in [0.25, 0.3) is 11.1 Å². The van der Waals surface area contributed by atoms with Crippen molar-refractivity contribution in [1.82, 2.24) is 4.90 Å². The fourth-order valence-corrected chi connectivity index (χ4v) is 4.43. The minimum atomic E-state index is -1.75. The molecular weight excluding hydrogens is 553 g/mol. The van der Waals surface area contributed by atoms with Crippen molar-refractivity contribution in [3.05, 3.63) is 56.7 Å². The van der Waals surface area contributed by atoms with Gasteiger partial charge in [-0.15, -0.1) is 0 Å². The molecule has 0 unspecified atom stereocenters. The van der Waals surface area contributed by atoms with Crippen LogP contribution in [0, 0.1) is 17.5 Å². The molecule has 2 aromatic rings. The van der Waals surface area contributed by atoms with E-state index in [1.165, 1.54) is 6.08 Å². The van der Waals surface area contributed by atoms with E-state index in [1.807, 2.05) is 19.2 Å². The van der Waals surface area contributed by atoms with E-state index in [1.54, 1.807) is 12.1 Å². The number of ether oxygens (including phenoxy) is 2. The molecule has 0 aromatic heterocycles. The van der Waals surface area contributed by atoms with E-state index in [4.69, 9.17) is 9.47 Å². The van der Waals surface area contributed by atoms with Gasteiger partial charge in [-0.3, -0.25) is 19.3 Å². The van der Waals surface area contributed by atoms with Gasteiger partial charge in [0, 0.05) is 0 Å². The molecule has 0 saturated carbocycles. The summed E-state index contributed by atoms with van der Waals surface area (Å²) in [6.45, 7) is 3.90. The number of imide groups is 1. The number of benzene rings is 2. The highest BCUT2D eigenvalue weighted by molar-refractivity contribution is 9.10. The lowest BCUT2D eigenvalue weighted by atomic mass is 10.2. The number of hydrogen-bond acceptors (Lipinski definition) is 6. The molecule has 2 aromatic carbocycles. The maximum atomic E-state index is 13.8. The van der Waals surface area contributed by atoms with Crippen LogP contribution in [-0.4, -0.2) is 41.7 Å². The third kappa shape index (κ3) is 6.17. The smallest absolute Gasteiger partial charge is 0.294 e. The molecule has 0 spiro atoms. The van der Waals surface area contributed by atoms with Crippen LogP contribution in [0.1, 0.15) is 25.8 Å². The van der Waals surface area contributed by atoms with Crippen molar-refractivity contribution in [2.45, 2.75) is 20.3 Å². The number of halogens is 4. The number of amides is 3. The van der Waals surface area contributed by atoms with Crippen molar-refractivity contribution in [2.24, 2.45) is 0 Å². The maximum Gasteiger partial charge on any atom is 0.294 e. The standard InChI is InChI=1S/C23H20BrF3N2O5S/c1-3-7-34-21-13(24)8-12(9-16(21)33-4-2)10-17-22(31)29(23(32)35-17)11-18(30)28-15-6-5-14(25)19(26)20(15)27/h5-6,8-10H,3-4,7,11H2,1-2H3,(H,28,30)/b17-10-. The van der Waals surface area contributed by atoms with Crippen molar-refractivity contribution in [1.29, 1.82) is 0 Å². The van der Waals surface area contributed by atoms with Gasteiger partial charge in [0.15, 0.2) is 29.0 Å². The highest BCUT2D eigenvalue weighted by Gasteiger charge is 2.36. The molecule has 1 N–H and O–H groups in total. The molecule has 3 amide bonds. The first-order chi connectivity index (χ1) is 16.7. The summed E-state index contributed by atoms with van der Waals surface area (Å²) in [6, 6.07) is 4.83. The fraction of sp³-hybridized carbons (Fsp3) is 0.261. The van der Waals surface area contributed by atoms with Crippen molar-refractivity contribution in [2.75, 3.05) is 25.1 Å². The highest BCUT2D eigenvalue weighted by atomic mass is 79.9. The molecular formula is C23H20BrF3N2O5S. The maximum absolute atomic E-state index is 13.8. The first-order valence-electron chi connectivity index (χ1n) is 10.4. The first kappa shape index (κ1) is 26.6. The summed E-state index contributed by atoms with van der Waals surface area (Å²) in [5.74, 6) is -5.48. The molecule has 1 fully saturated rings. The van der Waals surface area contributed by atoms with Gasteiger partial charge in [0.05, 0.1) is 28.3 Å². The molecule has 1 saturated heterocycles. The minimum Gasteiger partial charge on any atom is -0.490 e. The van der Waals surface area contributed by atoms with Gasteiger partial charge < -0.3 is 14.8 Å². The van der Waals surface area contributed by atoms with Gasteiger partial charge in [0.2, 0.25) is 5.91 Å². The van der Waals surface area contributed by atoms with Crippen molar-refractivity contribution >= 4 is 56.5 Å². The van der Waals surface area contributed by atoms with E-state index in [-0.39, 0.29) is 4.91 Å². The van der Waals surface area contributed by atoms with Crippen LogP contribution >= 0.6 is 27.7 Å². The van der Waals surface area contributed by atoms with Crippen LogP contribution in [0.3, 0.4) is 0 Å². The monoisotopic (exact) mass is 572 g/mol. The summed E-state index contributed by atoms with van der Waals surface area (Å²) in [4.78, 5) is 38.1. The molecule has 3 rings (SSSR count). The lowest BCUT2D eigenvalue weighted by Crippen LogP contribution is -2.36. The SMILES string of the molecule is CCCOc1c(Br)cc(/C=C2\SC(=O)N(CC(=O)Nc3ccc(F)c(F)c3F)C2=O)cc1OCC. The van der Waals surface area contributed by atoms with Gasteiger partial charge >= 0.3 is 0 Å². The van der Waals surface area contributed by atoms with E-state index in [9.17, 15) is 27.6 Å². The lowest BCUT2D eigenvalue weighted by molar-refractivity contribution is -0.127. The average molecular weight is 573 g/mol. The van der Waals surface area contributed by atoms with Crippen molar-refractivity contribution in [3.63, 3.8) is 0 Å². The molecule has 35 heavy (non-hydrogen) atoms. The summed E-state index contributed by atoms with van der Waals surface area (Å²) >= 11 is 4.05. The lowest BCUT2D eigenvalue weighted by Gasteiger charge is -2.14. The van der Waals surface area contributed by atoms with E-state index >= 15 is 0 Å². The number of anilines is 1. The Kier molecular flexibility index (Phi) is 8.84. The number of carbonyl (C=O) groups is 3. The second-order valence-corrected chi connectivity index (χ2v) is 9.00. The number of hydrogen-bond donors (Lipinski definition) is 1. The van der Waals surface area contributed by atoms with Gasteiger partial charge in [-0.25, -0.2) is 13.2 Å². The third-order valence-electron chi connectivity index (χ3n) is 4.56. The van der Waals surface area contributed by atoms with Crippen LogP contribution in [0.5, 0.6) is 11.5 Å². The molecule has 1 aliphatic rings. The van der Waals surface area contributed by atoms with Crippen LogP contribution in [0.4, 0.5) is 23.7 Å². The van der Waals surface area contributed by atoms with E-state index in [0.29, 0.717) is 57.5 Å². The van der Waals surface area contributed by atoms with Crippen LogP contribution in [0.2, 0.25) is 0 Å². The molecule has 0 aliphatic carbocycles. The largest absolute Gasteiger partial charge is 0.490 e. The van der Waals surface area contributed by atoms with Gasteiger partial charge in [-0.05, 0) is 76.9 Å². The number of thioether (sulfide) groups is 1. The zero-order valence-corrected chi connectivity index (χ0v) is 21.0. The Morgan fingerprint density at radius 3 is 2.57 bits per heavy atom. The zero-order chi connectivity index (χ0) is 25.7. The molecule has 7 nitrogen and oxygen atoms in total. The highest BCUT2D eigenvalue weighted by Crippen LogP contribution is 2.39. The molecule has 186 valence electrons. The summed E-state index contributed by atoms with van der Waals surface area (Å²) in [5, 5.41) is 1.32. The van der Waals surface area contributed by atoms with E-state index in [2.05, 4.69) is 15.9 Å². The second-order valence-electron chi connectivity index (χ2n) is 7.15. The quantitative estimate of drug-likeness (QED) is 0.305. The average Bonchev–Trinajstić information content (AvgIpc) is 3.06. The molecule has 0 atom stereocenters. The molecule has 0 radical (unpaired) electrons. The zero-order valence-electron chi connectivity index (χ0n) is 18.6. The first-order valence-corrected chi connectivity index (χ1v) is 12.0. The van der Waals surface area contributed by atoms with Crippen molar-refractivity contribution < 1.29 is 37.0 Å². The van der Waals surface area contributed by atoms with Gasteiger partial charge in [-0.1, -0.05) is 6.92 Å². The molecule has 0 bridgehead atoms. The number of rotatable bonds is 9. The summed E-state index contributed by atoms with van der Waals surface area (Å²) in [6.07, 6.45) is 2.26. The second kappa shape index (κ2) is 11.6. The van der Waals surface area contributed by atoms with Crippen LogP contribution in [0.25, 0.3) is 6.08 Å². The Morgan fingerprint density at radius 2 is 1.89 bits per heavy atom. The third-order valence-corrected chi connectivity index (χ3v) is 6.06. The Hall–Kier alpha value is -2.99. The molecule has 12 heteroatoms. The topological polar surface area (TPSA) is 84.9 Å². The Labute approximate surface area is 211 Å². The number of nitrogens with one attached hydrogen (secondary N) is 1. The van der Waals surface area contributed by atoms with Gasteiger partial charge in [-0.2, -0.15) is 0 Å². The minimum absolute atomic E-state index is 0.0541. The van der Waals surface area contributed by atoms with E-state index < -0.39 is 46.7 Å². The number of nitrogens with zero attached hydrogens (tertiary/aromatic N) is 1. The van der Waals surface area contributed by atoms with E-state index in [0.717, 1.165) is 12.5 Å². The Morgan fingerprint density at radius 1 is 1.14 bits per heavy atom. The Balaban J connectivity index is 1.77. The summed E-state index contributed by atoms with van der Waals surface area (Å²) in [7, 11) is 0. The van der Waals surface area contributed by atoms with Crippen LogP contribution < -0.4 is 14.8 Å². The summed E-state index contributed by atoms with van der Waals surface area (Å²) in [5.41, 5.74) is -0.0712. The molecule has 1 aliphatic heterocycles. The predicted octanol–water partition coefficient (Wildman–Crippen LogP) is 5.73. The fourth-order valence-electron chi connectivity index (χ4n) is 3.02. The van der Waals surface area contributed by atoms with Gasteiger partial charge in [0.1, 0.15) is 6.54 Å². The van der Waals surface area contributed by atoms with Crippen molar-refractivity contribution in [3.8, 4) is 11.5 Å². The van der Waals surface area contributed by atoms with Crippen LogP contribution in [0.15, 0.2) is 33.6 Å². The van der Waals surface area contributed by atoms with Crippen LogP contribution in [-0.2, 0) is 9.59 Å². The molecule has 1 heterocycles. The summed E-state index contributed by atoms with van der Waals surface area (Å²) < 4.78 is 52.2.